The summed E-state index contributed by atoms with van der Waals surface area (Å²) in [4.78, 5) is 47.0. The smallest absolute Gasteiger partial charge is 0.343 e. The van der Waals surface area contributed by atoms with Gasteiger partial charge >= 0.3 is 12.2 Å². The first-order chi connectivity index (χ1) is 16.1. The zero-order valence-corrected chi connectivity index (χ0v) is 19.0. The molecule has 0 N–H and O–H groups in total. The number of hydrogen-bond donors (Lipinski definition) is 0. The fourth-order valence-corrected chi connectivity index (χ4v) is 4.67. The van der Waals surface area contributed by atoms with Gasteiger partial charge in [0.25, 0.3) is 0 Å². The molecule has 2 aliphatic heterocycles. The summed E-state index contributed by atoms with van der Waals surface area (Å²) in [5.74, 6) is -1.99. The number of aromatic nitrogens is 2. The number of halogens is 3. The van der Waals surface area contributed by atoms with Gasteiger partial charge in [-0.05, 0) is 44.2 Å². The van der Waals surface area contributed by atoms with Gasteiger partial charge in [0.1, 0.15) is 0 Å². The Balaban J connectivity index is 1.35. The van der Waals surface area contributed by atoms with Crippen LogP contribution < -0.4 is 0 Å². The lowest BCUT2D eigenvalue weighted by Crippen LogP contribution is -2.44. The van der Waals surface area contributed by atoms with Crippen LogP contribution in [0.1, 0.15) is 38.4 Å². The molecule has 1 aromatic carbocycles. The van der Waals surface area contributed by atoms with E-state index in [4.69, 9.17) is 0 Å². The third kappa shape index (κ3) is 4.69. The highest BCUT2D eigenvalue weighted by atomic mass is 19.4. The summed E-state index contributed by atoms with van der Waals surface area (Å²) in [5, 5.41) is 0. The molecule has 0 aliphatic carbocycles. The molecule has 0 spiro atoms. The van der Waals surface area contributed by atoms with Crippen molar-refractivity contribution in [2.24, 2.45) is 16.8 Å². The molecule has 2 aromatic rings. The van der Waals surface area contributed by atoms with Crippen molar-refractivity contribution in [3.05, 3.63) is 30.1 Å². The molecule has 0 saturated carbocycles. The number of aliphatic imine (C=N–C) groups is 1. The highest BCUT2D eigenvalue weighted by Crippen LogP contribution is 2.33. The summed E-state index contributed by atoms with van der Waals surface area (Å²) in [6.45, 7) is 2.69. The topological polar surface area (TPSA) is 87.9 Å². The number of para-hydroxylation sites is 2. The Hall–Kier alpha value is -3.24. The molecule has 11 heteroatoms. The first kappa shape index (κ1) is 23.9. The van der Waals surface area contributed by atoms with Crippen molar-refractivity contribution in [3.8, 4) is 0 Å². The summed E-state index contributed by atoms with van der Waals surface area (Å²) in [6, 6.07) is 5.96. The van der Waals surface area contributed by atoms with Crippen molar-refractivity contribution >= 4 is 34.6 Å². The maximum absolute atomic E-state index is 13.6. The van der Waals surface area contributed by atoms with E-state index in [-0.39, 0.29) is 37.1 Å². The molecule has 4 rings (SSSR count). The van der Waals surface area contributed by atoms with Crippen molar-refractivity contribution < 1.29 is 27.6 Å². The molecule has 1 atom stereocenters. The van der Waals surface area contributed by atoms with Gasteiger partial charge in [-0.1, -0.05) is 12.1 Å². The Kier molecular flexibility index (Phi) is 6.46. The maximum Gasteiger partial charge on any atom is 0.449 e. The van der Waals surface area contributed by atoms with E-state index in [9.17, 15) is 27.6 Å². The number of nitrogens with zero attached hydrogens (tertiary/aromatic N) is 5. The lowest BCUT2D eigenvalue weighted by Gasteiger charge is -2.33. The Morgan fingerprint density at radius 2 is 1.82 bits per heavy atom. The van der Waals surface area contributed by atoms with E-state index in [1.807, 2.05) is 0 Å². The summed E-state index contributed by atoms with van der Waals surface area (Å²) in [7, 11) is 1.37. The van der Waals surface area contributed by atoms with E-state index >= 15 is 0 Å². The first-order valence-corrected chi connectivity index (χ1v) is 11.2. The second-order valence-electron chi connectivity index (χ2n) is 8.88. The average Bonchev–Trinajstić information content (AvgIpc) is 3.17. The summed E-state index contributed by atoms with van der Waals surface area (Å²) in [6.07, 6.45) is -2.99. The normalized spacial score (nSPS) is 20.3. The van der Waals surface area contributed by atoms with Crippen LogP contribution in [0.2, 0.25) is 0 Å². The third-order valence-electron chi connectivity index (χ3n) is 6.65. The van der Waals surface area contributed by atoms with Crippen LogP contribution in [0.3, 0.4) is 0 Å². The van der Waals surface area contributed by atoms with Gasteiger partial charge in [-0.2, -0.15) is 13.2 Å². The Morgan fingerprint density at radius 1 is 1.15 bits per heavy atom. The molecule has 3 heterocycles. The lowest BCUT2D eigenvalue weighted by molar-refractivity contribution is -0.147. The Bertz CT molecular complexity index is 1150. The van der Waals surface area contributed by atoms with Crippen molar-refractivity contribution in [1.29, 1.82) is 0 Å². The van der Waals surface area contributed by atoms with Crippen molar-refractivity contribution in [2.75, 3.05) is 20.1 Å². The fraction of sp³-hybridized carbons (Fsp3) is 0.522. The molecule has 0 radical (unpaired) electrons. The highest BCUT2D eigenvalue weighted by molar-refractivity contribution is 6.15. The number of benzene rings is 1. The number of carbonyl (C=O) groups excluding carboxylic acids is 3. The maximum atomic E-state index is 13.6. The number of carbonyl (C=O) groups is 3. The van der Waals surface area contributed by atoms with Crippen molar-refractivity contribution in [2.45, 2.75) is 45.3 Å². The molecular formula is C23H26F3N5O3. The summed E-state index contributed by atoms with van der Waals surface area (Å²) in [5.41, 5.74) is 1.17. The number of fused-ring (bicyclic) bond motifs is 1. The zero-order chi connectivity index (χ0) is 24.6. The number of imide groups is 1. The molecule has 1 fully saturated rings. The van der Waals surface area contributed by atoms with Gasteiger partial charge in [-0.15, -0.1) is 0 Å². The van der Waals surface area contributed by atoms with E-state index in [0.29, 0.717) is 42.7 Å². The van der Waals surface area contributed by atoms with Gasteiger partial charge < -0.3 is 9.47 Å². The monoisotopic (exact) mass is 477 g/mol. The van der Waals surface area contributed by atoms with Crippen LogP contribution in [0.5, 0.6) is 0 Å². The standard InChI is InChI=1S/C23H26F3N5O3/c1-14-16(20(33)29(2)22(34)27-14)7-8-19(32)30-11-9-15(10-12-30)13-31-18-6-4-3-5-17(18)28-21(31)23(24,25)26/h3-6,15-16H,7-13H2,1-2H3. The van der Waals surface area contributed by atoms with E-state index in [1.54, 1.807) is 36.1 Å². The van der Waals surface area contributed by atoms with Crippen LogP contribution in [0.25, 0.3) is 11.0 Å². The molecule has 1 saturated heterocycles. The number of urea groups is 1. The number of hydrogen-bond acceptors (Lipinski definition) is 4. The molecule has 1 aromatic heterocycles. The number of imidazole rings is 1. The highest BCUT2D eigenvalue weighted by Gasteiger charge is 2.38. The largest absolute Gasteiger partial charge is 0.449 e. The minimum Gasteiger partial charge on any atom is -0.343 e. The van der Waals surface area contributed by atoms with Crippen LogP contribution in [0, 0.1) is 11.8 Å². The fourth-order valence-electron chi connectivity index (χ4n) is 4.67. The molecule has 0 bridgehead atoms. The third-order valence-corrected chi connectivity index (χ3v) is 6.65. The molecule has 2 aliphatic rings. The van der Waals surface area contributed by atoms with E-state index < -0.39 is 23.9 Å². The van der Waals surface area contributed by atoms with Gasteiger partial charge in [-0.25, -0.2) is 14.8 Å². The molecule has 8 nitrogen and oxygen atoms in total. The minimum atomic E-state index is -4.55. The number of likely N-dealkylation sites (tertiary alicyclic amines) is 1. The molecule has 34 heavy (non-hydrogen) atoms. The Labute approximate surface area is 194 Å². The van der Waals surface area contributed by atoms with Crippen molar-refractivity contribution in [1.82, 2.24) is 19.4 Å². The van der Waals surface area contributed by atoms with E-state index in [2.05, 4.69) is 9.98 Å². The quantitative estimate of drug-likeness (QED) is 0.656. The van der Waals surface area contributed by atoms with Crippen LogP contribution in [0.15, 0.2) is 29.3 Å². The summed E-state index contributed by atoms with van der Waals surface area (Å²) >= 11 is 0. The Morgan fingerprint density at radius 3 is 2.50 bits per heavy atom. The van der Waals surface area contributed by atoms with Gasteiger partial charge in [0, 0.05) is 38.8 Å². The minimum absolute atomic E-state index is 0.0169. The van der Waals surface area contributed by atoms with Gasteiger partial charge in [-0.3, -0.25) is 14.5 Å². The zero-order valence-electron chi connectivity index (χ0n) is 19.0. The molecule has 4 amide bonds. The van der Waals surface area contributed by atoms with E-state index in [0.717, 1.165) is 4.90 Å². The second-order valence-corrected chi connectivity index (χ2v) is 8.88. The van der Waals surface area contributed by atoms with Gasteiger partial charge in [0.2, 0.25) is 17.6 Å². The first-order valence-electron chi connectivity index (χ1n) is 11.2. The second kappa shape index (κ2) is 9.19. The molecule has 1 unspecified atom stereocenters. The van der Waals surface area contributed by atoms with Gasteiger partial charge in [0.05, 0.1) is 17.0 Å². The van der Waals surface area contributed by atoms with Crippen LogP contribution in [0.4, 0.5) is 18.0 Å². The number of amides is 4. The number of alkyl halides is 3. The SMILES string of the molecule is CC1=NC(=O)N(C)C(=O)C1CCC(=O)N1CCC(Cn2c(C(F)(F)F)nc3ccccc32)CC1. The predicted molar refractivity (Wildman–Crippen MR) is 118 cm³/mol. The van der Waals surface area contributed by atoms with E-state index in [1.165, 1.54) is 11.6 Å². The van der Waals surface area contributed by atoms with Crippen LogP contribution in [-0.4, -0.2) is 63.0 Å². The van der Waals surface area contributed by atoms with Crippen LogP contribution in [-0.2, 0) is 22.3 Å². The molecular weight excluding hydrogens is 451 g/mol. The van der Waals surface area contributed by atoms with Crippen molar-refractivity contribution in [3.63, 3.8) is 0 Å². The van der Waals surface area contributed by atoms with Gasteiger partial charge in [0.15, 0.2) is 0 Å². The molecule has 182 valence electrons. The number of piperidine rings is 1. The predicted octanol–water partition coefficient (Wildman–Crippen LogP) is 3.74. The summed E-state index contributed by atoms with van der Waals surface area (Å²) < 4.78 is 41.9. The lowest BCUT2D eigenvalue weighted by atomic mass is 9.93. The average molecular weight is 477 g/mol. The van der Waals surface area contributed by atoms with Crippen LogP contribution >= 0.6 is 0 Å². The number of rotatable bonds is 5.